The van der Waals surface area contributed by atoms with Crippen LogP contribution in [0.15, 0.2) is 0 Å². The summed E-state index contributed by atoms with van der Waals surface area (Å²) in [5.74, 6) is 0. The van der Waals surface area contributed by atoms with Gasteiger partial charge in [-0.15, -0.1) is 0 Å². The molecule has 0 atom stereocenters. The fourth-order valence-corrected chi connectivity index (χ4v) is 0.174. The van der Waals surface area contributed by atoms with Gasteiger partial charge in [0.05, 0.1) is 0 Å². The third-order valence-electron chi connectivity index (χ3n) is 0.464. The van der Waals surface area contributed by atoms with Crippen LogP contribution in [0.2, 0.25) is 0 Å². The van der Waals surface area contributed by atoms with Crippen LogP contribution in [0.5, 0.6) is 0 Å². The lowest BCUT2D eigenvalue weighted by atomic mass is 10.9. The van der Waals surface area contributed by atoms with Crippen LogP contribution in [0.1, 0.15) is 0 Å². The van der Waals surface area contributed by atoms with E-state index in [2.05, 4.69) is 11.1 Å². The van der Waals surface area contributed by atoms with Crippen LogP contribution < -0.4 is 16.4 Å². The summed E-state index contributed by atoms with van der Waals surface area (Å²) in [7, 11) is 1.39. The van der Waals surface area contributed by atoms with Gasteiger partial charge >= 0.3 is 12.1 Å². The highest BCUT2D eigenvalue weighted by atomic mass is 16.2. The van der Waals surface area contributed by atoms with Gasteiger partial charge in [0.25, 0.3) is 0 Å². The van der Waals surface area contributed by atoms with E-state index in [1.807, 2.05) is 0 Å². The molecule has 0 unspecified atom stereocenters. The van der Waals surface area contributed by atoms with Gasteiger partial charge in [0.2, 0.25) is 0 Å². The van der Waals surface area contributed by atoms with Crippen LogP contribution in [0, 0.1) is 0 Å². The van der Waals surface area contributed by atoms with Crippen LogP contribution >= 0.6 is 0 Å². The number of hydrogen-bond acceptors (Lipinski definition) is 2. The van der Waals surface area contributed by atoms with Crippen molar-refractivity contribution in [1.29, 1.82) is 0 Å². The van der Waals surface area contributed by atoms with Crippen molar-refractivity contribution >= 4 is 12.1 Å². The van der Waals surface area contributed by atoms with Crippen LogP contribution in [-0.2, 0) is 0 Å². The van der Waals surface area contributed by atoms with Crippen LogP contribution in [0.4, 0.5) is 9.59 Å². The van der Waals surface area contributed by atoms with Crippen molar-refractivity contribution in [2.45, 2.75) is 0 Å². The number of rotatable bonds is 0. The van der Waals surface area contributed by atoms with E-state index in [0.29, 0.717) is 0 Å². The van der Waals surface area contributed by atoms with Gasteiger partial charge in [0.1, 0.15) is 0 Å². The van der Waals surface area contributed by atoms with E-state index in [1.54, 1.807) is 5.32 Å². The number of hydrogen-bond donors (Lipinski definition) is 3. The second-order valence-electron chi connectivity index (χ2n) is 1.07. The first-order chi connectivity index (χ1) is 3.66. The Hall–Kier alpha value is -1.26. The summed E-state index contributed by atoms with van der Waals surface area (Å²) < 4.78 is 0. The Morgan fingerprint density at radius 2 is 2.00 bits per heavy atom. The van der Waals surface area contributed by atoms with E-state index in [1.165, 1.54) is 7.05 Å². The van der Waals surface area contributed by atoms with E-state index in [9.17, 15) is 9.59 Å². The quantitative estimate of drug-likeness (QED) is 0.380. The number of nitrogens with one attached hydrogen (secondary N) is 2. The minimum Gasteiger partial charge on any atom is -0.351 e. The predicted octanol–water partition coefficient (Wildman–Crippen LogP) is -1.01. The Labute approximate surface area is 46.2 Å². The maximum Gasteiger partial charge on any atom is 0.322 e. The molecule has 0 fully saturated rings. The van der Waals surface area contributed by atoms with E-state index in [0.717, 1.165) is 0 Å². The molecule has 5 heteroatoms. The molecule has 0 rings (SSSR count). The van der Waals surface area contributed by atoms with Gasteiger partial charge in [-0.25, -0.2) is 9.59 Å². The molecule has 4 amide bonds. The van der Waals surface area contributed by atoms with Gasteiger partial charge in [-0.05, 0) is 0 Å². The third kappa shape index (κ3) is 2.95. The number of amides is 4. The Kier molecular flexibility index (Phi) is 2.39. The highest BCUT2D eigenvalue weighted by Crippen LogP contribution is 1.57. The molecule has 46 valence electrons. The van der Waals surface area contributed by atoms with E-state index < -0.39 is 12.1 Å². The molecule has 0 aromatic heterocycles. The Morgan fingerprint density at radius 1 is 1.50 bits per heavy atom. The topological polar surface area (TPSA) is 84.2 Å². The molecule has 0 heterocycles. The van der Waals surface area contributed by atoms with Crippen molar-refractivity contribution in [1.82, 2.24) is 10.6 Å². The lowest BCUT2D eigenvalue weighted by molar-refractivity contribution is 0.233. The highest BCUT2D eigenvalue weighted by Gasteiger charge is 1.96. The van der Waals surface area contributed by atoms with Gasteiger partial charge in [-0.2, -0.15) is 0 Å². The van der Waals surface area contributed by atoms with Crippen LogP contribution in [0.3, 0.4) is 0 Å². The van der Waals surface area contributed by atoms with E-state index >= 15 is 0 Å². The summed E-state index contributed by atoms with van der Waals surface area (Å²) in [6.45, 7) is 0. The van der Waals surface area contributed by atoms with Crippen LogP contribution in [-0.4, -0.2) is 19.1 Å². The summed E-state index contributed by atoms with van der Waals surface area (Å²) in [5.41, 5.74) is 4.56. The zero-order valence-corrected chi connectivity index (χ0v) is 4.39. The molecule has 0 spiro atoms. The predicted molar refractivity (Wildman–Crippen MR) is 27.2 cm³/mol. The molecule has 0 aromatic rings. The third-order valence-corrected chi connectivity index (χ3v) is 0.464. The summed E-state index contributed by atoms with van der Waals surface area (Å²) >= 11 is 0. The number of imide groups is 1. The molecule has 0 aliphatic rings. The standard InChI is InChI=1S/C3H7N3O2/c1-5-3(8)6-2(4)7/h1H3,(H4,4,5,6,7,8). The molecule has 0 aliphatic heterocycles. The normalized spacial score (nSPS) is 7.62. The lowest BCUT2D eigenvalue weighted by Gasteiger charge is -1.95. The minimum atomic E-state index is -0.857. The summed E-state index contributed by atoms with van der Waals surface area (Å²) in [6.07, 6.45) is 0. The second-order valence-corrected chi connectivity index (χ2v) is 1.07. The monoisotopic (exact) mass is 117 g/mol. The first-order valence-corrected chi connectivity index (χ1v) is 1.95. The Morgan fingerprint density at radius 3 is 2.12 bits per heavy atom. The molecule has 5 nitrogen and oxygen atoms in total. The average Bonchev–Trinajstić information content (AvgIpc) is 1.65. The van der Waals surface area contributed by atoms with Gasteiger partial charge in [-0.3, -0.25) is 5.32 Å². The zero-order chi connectivity index (χ0) is 6.57. The molecular formula is C3H7N3O2. The van der Waals surface area contributed by atoms with E-state index in [4.69, 9.17) is 0 Å². The SMILES string of the molecule is CNC(=O)NC(N)=O. The van der Waals surface area contributed by atoms with Gasteiger partial charge in [0.15, 0.2) is 0 Å². The van der Waals surface area contributed by atoms with Crippen molar-refractivity contribution in [2.24, 2.45) is 5.73 Å². The first-order valence-electron chi connectivity index (χ1n) is 1.95. The largest absolute Gasteiger partial charge is 0.351 e. The number of carbonyl (C=O) groups excluding carboxylic acids is 2. The number of urea groups is 2. The summed E-state index contributed by atoms with van der Waals surface area (Å²) in [6, 6.07) is -1.46. The van der Waals surface area contributed by atoms with Crippen molar-refractivity contribution in [3.05, 3.63) is 0 Å². The molecule has 4 N–H and O–H groups in total. The fourth-order valence-electron chi connectivity index (χ4n) is 0.174. The maximum absolute atomic E-state index is 10.1. The number of carbonyl (C=O) groups is 2. The molecule has 0 radical (unpaired) electrons. The van der Waals surface area contributed by atoms with Gasteiger partial charge in [0, 0.05) is 7.05 Å². The van der Waals surface area contributed by atoms with Crippen LogP contribution in [0.25, 0.3) is 0 Å². The van der Waals surface area contributed by atoms with Crippen molar-refractivity contribution < 1.29 is 9.59 Å². The smallest absolute Gasteiger partial charge is 0.322 e. The lowest BCUT2D eigenvalue weighted by Crippen LogP contribution is -2.40. The zero-order valence-electron chi connectivity index (χ0n) is 4.39. The molecule has 0 saturated heterocycles. The minimum absolute atomic E-state index is 0.600. The Balaban J connectivity index is 3.40. The van der Waals surface area contributed by atoms with Crippen molar-refractivity contribution in [3.63, 3.8) is 0 Å². The van der Waals surface area contributed by atoms with Crippen molar-refractivity contribution in [2.75, 3.05) is 7.05 Å². The fraction of sp³-hybridized carbons (Fsp3) is 0.333. The van der Waals surface area contributed by atoms with Gasteiger partial charge < -0.3 is 11.1 Å². The van der Waals surface area contributed by atoms with E-state index in [-0.39, 0.29) is 0 Å². The van der Waals surface area contributed by atoms with Crippen molar-refractivity contribution in [3.8, 4) is 0 Å². The Bertz CT molecular complexity index is 111. The molecule has 0 aliphatic carbocycles. The number of nitrogens with two attached hydrogens (primary N) is 1. The summed E-state index contributed by atoms with van der Waals surface area (Å²) in [4.78, 5) is 19.9. The number of primary amides is 1. The molecule has 0 saturated carbocycles. The molecule has 0 bridgehead atoms. The highest BCUT2D eigenvalue weighted by molar-refractivity contribution is 5.92. The molecule has 8 heavy (non-hydrogen) atoms. The first kappa shape index (κ1) is 6.74. The van der Waals surface area contributed by atoms with Gasteiger partial charge in [-0.1, -0.05) is 0 Å². The molecule has 0 aromatic carbocycles. The second kappa shape index (κ2) is 2.84. The molecular weight excluding hydrogens is 110 g/mol. The maximum atomic E-state index is 10.1. The average molecular weight is 117 g/mol. The summed E-state index contributed by atoms with van der Waals surface area (Å²) in [5, 5.41) is 3.93.